The molecule has 1 aliphatic heterocycles. The van der Waals surface area contributed by atoms with Gasteiger partial charge in [0.15, 0.2) is 0 Å². The Hall–Kier alpha value is -1.59. The van der Waals surface area contributed by atoms with E-state index >= 15 is 0 Å². The van der Waals surface area contributed by atoms with Crippen LogP contribution in [0.15, 0.2) is 35.5 Å². The molecule has 4 N–H and O–H groups in total. The van der Waals surface area contributed by atoms with Gasteiger partial charge in [0, 0.05) is 13.1 Å². The van der Waals surface area contributed by atoms with E-state index in [1.807, 2.05) is 30.3 Å². The molecule has 1 aromatic rings. The van der Waals surface area contributed by atoms with Crippen LogP contribution >= 0.6 is 0 Å². The molecule has 1 aliphatic rings. The van der Waals surface area contributed by atoms with Crippen LogP contribution in [0.1, 0.15) is 24.8 Å². The number of hydrogen-bond acceptors (Lipinski definition) is 4. The quantitative estimate of drug-likeness (QED) is 0.334. The minimum Gasteiger partial charge on any atom is -0.409 e. The Labute approximate surface area is 119 Å². The zero-order valence-corrected chi connectivity index (χ0v) is 11.8. The molecule has 3 unspecified atom stereocenters. The number of piperidine rings is 1. The Balaban J connectivity index is 2.09. The molecule has 0 radical (unpaired) electrons. The Bertz CT molecular complexity index is 450. The first-order valence-corrected chi connectivity index (χ1v) is 7.04. The third-order valence-corrected chi connectivity index (χ3v) is 4.12. The van der Waals surface area contributed by atoms with E-state index in [0.29, 0.717) is 19.0 Å². The van der Waals surface area contributed by atoms with Crippen molar-refractivity contribution < 1.29 is 10.3 Å². The SMILES string of the molecule is CC1CCN(CC(/C(N)=N/O)c2ccccc2)CC1O. The van der Waals surface area contributed by atoms with Gasteiger partial charge in [-0.2, -0.15) is 0 Å². The molecule has 2 rings (SSSR count). The van der Waals surface area contributed by atoms with Gasteiger partial charge in [0.05, 0.1) is 12.0 Å². The molecule has 0 spiro atoms. The lowest BCUT2D eigenvalue weighted by molar-refractivity contribution is 0.0287. The summed E-state index contributed by atoms with van der Waals surface area (Å²) < 4.78 is 0. The fraction of sp³-hybridized carbons (Fsp3) is 0.533. The first kappa shape index (κ1) is 14.8. The Kier molecular flexibility index (Phi) is 4.98. The van der Waals surface area contributed by atoms with Gasteiger partial charge in [0.1, 0.15) is 5.84 Å². The van der Waals surface area contributed by atoms with Crippen LogP contribution < -0.4 is 5.73 Å². The molecule has 0 saturated carbocycles. The van der Waals surface area contributed by atoms with Gasteiger partial charge < -0.3 is 16.0 Å². The summed E-state index contributed by atoms with van der Waals surface area (Å²) in [5.41, 5.74) is 6.86. The molecule has 3 atom stereocenters. The van der Waals surface area contributed by atoms with Crippen LogP contribution in [0.5, 0.6) is 0 Å². The van der Waals surface area contributed by atoms with Crippen LogP contribution in [0, 0.1) is 5.92 Å². The average molecular weight is 277 g/mol. The van der Waals surface area contributed by atoms with Crippen molar-refractivity contribution in [3.05, 3.63) is 35.9 Å². The van der Waals surface area contributed by atoms with Crippen molar-refractivity contribution in [1.29, 1.82) is 0 Å². The number of aliphatic hydroxyl groups excluding tert-OH is 1. The highest BCUT2D eigenvalue weighted by molar-refractivity contribution is 5.87. The van der Waals surface area contributed by atoms with Gasteiger partial charge in [-0.05, 0) is 24.4 Å². The summed E-state index contributed by atoms with van der Waals surface area (Å²) in [6, 6.07) is 9.79. The number of β-amino-alcohol motifs (C(OH)–C–C–N with tert-alkyl or cyclic N) is 1. The number of nitrogens with two attached hydrogens (primary N) is 1. The van der Waals surface area contributed by atoms with E-state index in [9.17, 15) is 5.11 Å². The molecule has 1 fully saturated rings. The molecule has 5 nitrogen and oxygen atoms in total. The van der Waals surface area contributed by atoms with Crippen molar-refractivity contribution in [3.63, 3.8) is 0 Å². The molecule has 0 aromatic heterocycles. The van der Waals surface area contributed by atoms with Crippen molar-refractivity contribution >= 4 is 5.84 Å². The molecule has 5 heteroatoms. The number of benzene rings is 1. The summed E-state index contributed by atoms with van der Waals surface area (Å²) in [6.07, 6.45) is 0.672. The zero-order valence-electron chi connectivity index (χ0n) is 11.8. The van der Waals surface area contributed by atoms with Crippen molar-refractivity contribution in [1.82, 2.24) is 4.90 Å². The Morgan fingerprint density at radius 2 is 2.15 bits per heavy atom. The van der Waals surface area contributed by atoms with Gasteiger partial charge in [-0.15, -0.1) is 0 Å². The summed E-state index contributed by atoms with van der Waals surface area (Å²) in [5.74, 6) is 0.399. The first-order chi connectivity index (χ1) is 9.61. The van der Waals surface area contributed by atoms with Gasteiger partial charge in [-0.25, -0.2) is 0 Å². The van der Waals surface area contributed by atoms with Crippen LogP contribution in [0.4, 0.5) is 0 Å². The topological polar surface area (TPSA) is 82.1 Å². The predicted octanol–water partition coefficient (Wildman–Crippen LogP) is 1.22. The lowest BCUT2D eigenvalue weighted by Crippen LogP contribution is -2.45. The maximum atomic E-state index is 9.97. The van der Waals surface area contributed by atoms with Gasteiger partial charge in [0.25, 0.3) is 0 Å². The van der Waals surface area contributed by atoms with Crippen LogP contribution in [0.25, 0.3) is 0 Å². The number of aliphatic hydroxyl groups is 1. The van der Waals surface area contributed by atoms with E-state index in [-0.39, 0.29) is 17.9 Å². The summed E-state index contributed by atoms with van der Waals surface area (Å²) >= 11 is 0. The molecule has 1 heterocycles. The van der Waals surface area contributed by atoms with Gasteiger partial charge in [-0.1, -0.05) is 42.4 Å². The minimum atomic E-state index is -0.299. The number of nitrogens with zero attached hydrogens (tertiary/aromatic N) is 2. The minimum absolute atomic E-state index is 0.151. The number of rotatable bonds is 4. The summed E-state index contributed by atoms with van der Waals surface area (Å²) in [4.78, 5) is 2.18. The third kappa shape index (κ3) is 3.49. The predicted molar refractivity (Wildman–Crippen MR) is 78.8 cm³/mol. The average Bonchev–Trinajstić information content (AvgIpc) is 2.48. The van der Waals surface area contributed by atoms with E-state index < -0.39 is 0 Å². The molecule has 110 valence electrons. The van der Waals surface area contributed by atoms with Gasteiger partial charge in [-0.3, -0.25) is 4.90 Å². The number of likely N-dealkylation sites (tertiary alicyclic amines) is 1. The van der Waals surface area contributed by atoms with E-state index in [2.05, 4.69) is 17.0 Å². The lowest BCUT2D eigenvalue weighted by Gasteiger charge is -2.36. The maximum absolute atomic E-state index is 9.97. The van der Waals surface area contributed by atoms with Gasteiger partial charge in [0.2, 0.25) is 0 Å². The normalized spacial score (nSPS) is 26.4. The first-order valence-electron chi connectivity index (χ1n) is 7.04. The molecule has 1 saturated heterocycles. The molecule has 0 amide bonds. The monoisotopic (exact) mass is 277 g/mol. The summed E-state index contributed by atoms with van der Waals surface area (Å²) in [5, 5.41) is 22.1. The highest BCUT2D eigenvalue weighted by atomic mass is 16.4. The van der Waals surface area contributed by atoms with Gasteiger partial charge >= 0.3 is 0 Å². The van der Waals surface area contributed by atoms with E-state index in [1.165, 1.54) is 0 Å². The summed E-state index contributed by atoms with van der Waals surface area (Å²) in [6.45, 7) is 4.30. The van der Waals surface area contributed by atoms with Crippen LogP contribution in [-0.2, 0) is 0 Å². The smallest absolute Gasteiger partial charge is 0.147 e. The van der Waals surface area contributed by atoms with Crippen LogP contribution in [-0.4, -0.2) is 46.8 Å². The fourth-order valence-corrected chi connectivity index (χ4v) is 2.66. The molecule has 0 aliphatic carbocycles. The molecular weight excluding hydrogens is 254 g/mol. The highest BCUT2D eigenvalue weighted by Crippen LogP contribution is 2.22. The highest BCUT2D eigenvalue weighted by Gasteiger charge is 2.27. The maximum Gasteiger partial charge on any atom is 0.147 e. The molecular formula is C15H23N3O2. The Morgan fingerprint density at radius 3 is 2.75 bits per heavy atom. The number of amidine groups is 1. The fourth-order valence-electron chi connectivity index (χ4n) is 2.66. The van der Waals surface area contributed by atoms with Crippen LogP contribution in [0.3, 0.4) is 0 Å². The van der Waals surface area contributed by atoms with Crippen LogP contribution in [0.2, 0.25) is 0 Å². The van der Waals surface area contributed by atoms with E-state index in [0.717, 1.165) is 18.5 Å². The van der Waals surface area contributed by atoms with Crippen molar-refractivity contribution in [2.45, 2.75) is 25.4 Å². The second-order valence-electron chi connectivity index (χ2n) is 5.58. The number of hydrogen-bond donors (Lipinski definition) is 3. The molecule has 20 heavy (non-hydrogen) atoms. The zero-order chi connectivity index (χ0) is 14.5. The second kappa shape index (κ2) is 6.72. The number of oxime groups is 1. The van der Waals surface area contributed by atoms with E-state index in [4.69, 9.17) is 10.9 Å². The molecule has 1 aromatic carbocycles. The van der Waals surface area contributed by atoms with E-state index in [1.54, 1.807) is 0 Å². The lowest BCUT2D eigenvalue weighted by atomic mass is 9.93. The third-order valence-electron chi connectivity index (χ3n) is 4.12. The Morgan fingerprint density at radius 1 is 1.45 bits per heavy atom. The van der Waals surface area contributed by atoms with Crippen molar-refractivity contribution in [2.75, 3.05) is 19.6 Å². The second-order valence-corrected chi connectivity index (χ2v) is 5.58. The summed E-state index contributed by atoms with van der Waals surface area (Å²) in [7, 11) is 0. The standard InChI is InChI=1S/C15H23N3O2/c1-11-7-8-18(10-14(11)19)9-13(15(16)17-20)12-5-3-2-4-6-12/h2-6,11,13-14,19-20H,7-10H2,1H3,(H2,16,17). The van der Waals surface area contributed by atoms with Crippen molar-refractivity contribution in [3.8, 4) is 0 Å². The largest absolute Gasteiger partial charge is 0.409 e. The van der Waals surface area contributed by atoms with Crippen molar-refractivity contribution in [2.24, 2.45) is 16.8 Å². The molecule has 0 bridgehead atoms.